The van der Waals surface area contributed by atoms with Gasteiger partial charge in [-0.25, -0.2) is 15.0 Å². The van der Waals surface area contributed by atoms with Gasteiger partial charge in [0.25, 0.3) is 0 Å². The van der Waals surface area contributed by atoms with Gasteiger partial charge in [-0.3, -0.25) is 4.68 Å². The number of aromatic nitrogens is 4. The molecule has 2 N–H and O–H groups in total. The minimum absolute atomic E-state index is 0. The van der Waals surface area contributed by atoms with Gasteiger partial charge in [-0.1, -0.05) is 20.8 Å². The maximum absolute atomic E-state index is 5.76. The Bertz CT molecular complexity index is 657. The van der Waals surface area contributed by atoms with Crippen LogP contribution in [0.4, 0.5) is 0 Å². The van der Waals surface area contributed by atoms with Crippen LogP contribution in [0.1, 0.15) is 45.2 Å². The van der Waals surface area contributed by atoms with Crippen molar-refractivity contribution >= 4 is 29.9 Å². The van der Waals surface area contributed by atoms with Crippen LogP contribution >= 0.6 is 24.0 Å². The number of rotatable bonds is 5. The van der Waals surface area contributed by atoms with Crippen molar-refractivity contribution in [1.29, 1.82) is 0 Å². The highest BCUT2D eigenvalue weighted by atomic mass is 127. The highest BCUT2D eigenvalue weighted by Gasteiger charge is 2.19. The summed E-state index contributed by atoms with van der Waals surface area (Å²) in [5.74, 6) is 2.99. The van der Waals surface area contributed by atoms with Crippen LogP contribution in [0.15, 0.2) is 21.9 Å². The molecule has 9 heteroatoms. The maximum Gasteiger partial charge on any atom is 0.213 e. The summed E-state index contributed by atoms with van der Waals surface area (Å²) in [7, 11) is 1.85. The number of hydrogen-bond donors (Lipinski definition) is 2. The molecule has 0 aliphatic rings. The van der Waals surface area contributed by atoms with Crippen molar-refractivity contribution in [3.63, 3.8) is 0 Å². The van der Waals surface area contributed by atoms with Gasteiger partial charge < -0.3 is 15.1 Å². The Labute approximate surface area is 159 Å². The molecule has 0 aromatic carbocycles. The second-order valence-electron chi connectivity index (χ2n) is 6.22. The van der Waals surface area contributed by atoms with E-state index in [1.807, 2.05) is 14.0 Å². The first-order chi connectivity index (χ1) is 10.9. The molecule has 2 aromatic heterocycles. The van der Waals surface area contributed by atoms with Gasteiger partial charge in [0.05, 0.1) is 12.7 Å². The summed E-state index contributed by atoms with van der Waals surface area (Å²) in [5.41, 5.74) is -0.0466. The van der Waals surface area contributed by atoms with E-state index in [1.165, 1.54) is 6.33 Å². The SMILES string of the molecule is CCNC(=NCc1ncnn1C)NCc1ncc(C(C)(C)C)o1.I. The minimum atomic E-state index is -0.0466. The Morgan fingerprint density at radius 2 is 2.04 bits per heavy atom. The first-order valence-electron chi connectivity index (χ1n) is 7.70. The lowest BCUT2D eigenvalue weighted by Crippen LogP contribution is -2.37. The summed E-state index contributed by atoms with van der Waals surface area (Å²) < 4.78 is 7.47. The van der Waals surface area contributed by atoms with E-state index in [9.17, 15) is 0 Å². The fourth-order valence-corrected chi connectivity index (χ4v) is 1.85. The van der Waals surface area contributed by atoms with Crippen LogP contribution in [-0.2, 0) is 25.6 Å². The first-order valence-corrected chi connectivity index (χ1v) is 7.70. The molecular weight excluding hydrogens is 421 g/mol. The number of hydrogen-bond acceptors (Lipinski definition) is 5. The van der Waals surface area contributed by atoms with Crippen molar-refractivity contribution in [2.45, 2.75) is 46.2 Å². The first kappa shape index (κ1) is 20.4. The zero-order chi connectivity index (χ0) is 16.9. The highest BCUT2D eigenvalue weighted by Crippen LogP contribution is 2.22. The number of guanidine groups is 1. The molecule has 134 valence electrons. The van der Waals surface area contributed by atoms with Crippen molar-refractivity contribution < 1.29 is 4.42 Å². The molecule has 0 aliphatic heterocycles. The third kappa shape index (κ3) is 5.77. The van der Waals surface area contributed by atoms with E-state index in [4.69, 9.17) is 4.42 Å². The molecular formula is C15H26IN7O. The Kier molecular flexibility index (Phi) is 7.64. The predicted octanol–water partition coefficient (Wildman–Crippen LogP) is 1.97. The van der Waals surface area contributed by atoms with Crippen LogP contribution in [0.25, 0.3) is 0 Å². The molecule has 8 nitrogen and oxygen atoms in total. The van der Waals surface area contributed by atoms with E-state index < -0.39 is 0 Å². The second kappa shape index (κ2) is 9.00. The Balaban J connectivity index is 0.00000288. The topological polar surface area (TPSA) is 93.2 Å². The molecule has 2 aromatic rings. The van der Waals surface area contributed by atoms with Crippen LogP contribution in [0, 0.1) is 0 Å². The summed E-state index contributed by atoms with van der Waals surface area (Å²) in [4.78, 5) is 12.9. The highest BCUT2D eigenvalue weighted by molar-refractivity contribution is 14.0. The molecule has 0 atom stereocenters. The van der Waals surface area contributed by atoms with E-state index in [0.29, 0.717) is 24.9 Å². The van der Waals surface area contributed by atoms with Crippen LogP contribution in [0.5, 0.6) is 0 Å². The van der Waals surface area contributed by atoms with E-state index in [2.05, 4.69) is 51.5 Å². The minimum Gasteiger partial charge on any atom is -0.443 e. The number of aliphatic imine (C=N–C) groups is 1. The summed E-state index contributed by atoms with van der Waals surface area (Å²) in [6.45, 7) is 9.99. The Morgan fingerprint density at radius 3 is 2.58 bits per heavy atom. The summed E-state index contributed by atoms with van der Waals surface area (Å²) in [6.07, 6.45) is 3.30. The van der Waals surface area contributed by atoms with Crippen molar-refractivity contribution in [3.05, 3.63) is 30.0 Å². The smallest absolute Gasteiger partial charge is 0.213 e. The zero-order valence-corrected chi connectivity index (χ0v) is 17.2. The average Bonchev–Trinajstić information content (AvgIpc) is 3.10. The van der Waals surface area contributed by atoms with E-state index >= 15 is 0 Å². The van der Waals surface area contributed by atoms with Gasteiger partial charge in [-0.2, -0.15) is 5.10 Å². The lowest BCUT2D eigenvalue weighted by atomic mass is 9.94. The van der Waals surface area contributed by atoms with Gasteiger partial charge in [-0.15, -0.1) is 24.0 Å². The second-order valence-corrected chi connectivity index (χ2v) is 6.22. The number of oxazole rings is 1. The number of nitrogens with zero attached hydrogens (tertiary/aromatic N) is 5. The van der Waals surface area contributed by atoms with Gasteiger partial charge in [0.15, 0.2) is 5.96 Å². The van der Waals surface area contributed by atoms with Crippen molar-refractivity contribution in [3.8, 4) is 0 Å². The Hall–Kier alpha value is -1.65. The fourth-order valence-electron chi connectivity index (χ4n) is 1.85. The van der Waals surface area contributed by atoms with Gasteiger partial charge >= 0.3 is 0 Å². The Morgan fingerprint density at radius 1 is 1.29 bits per heavy atom. The number of aryl methyl sites for hydroxylation is 1. The normalized spacial score (nSPS) is 12.0. The number of halogens is 1. The third-order valence-corrected chi connectivity index (χ3v) is 3.23. The van der Waals surface area contributed by atoms with Crippen LogP contribution < -0.4 is 10.6 Å². The van der Waals surface area contributed by atoms with Crippen LogP contribution in [-0.4, -0.2) is 32.3 Å². The largest absolute Gasteiger partial charge is 0.443 e. The quantitative estimate of drug-likeness (QED) is 0.414. The molecule has 0 saturated heterocycles. The molecule has 0 aliphatic carbocycles. The fraction of sp³-hybridized carbons (Fsp3) is 0.600. The maximum atomic E-state index is 5.76. The standard InChI is InChI=1S/C15H25N7O.HI/c1-6-16-14(18-8-12-20-10-21-22(12)5)19-9-13-17-7-11(23-13)15(2,3)4;/h7,10H,6,8-9H2,1-5H3,(H2,16,18,19);1H. The number of nitrogens with one attached hydrogen (secondary N) is 2. The van der Waals surface area contributed by atoms with Gasteiger partial charge in [-0.05, 0) is 6.92 Å². The van der Waals surface area contributed by atoms with Crippen LogP contribution in [0.2, 0.25) is 0 Å². The third-order valence-electron chi connectivity index (χ3n) is 3.23. The lowest BCUT2D eigenvalue weighted by molar-refractivity contribution is 0.379. The lowest BCUT2D eigenvalue weighted by Gasteiger charge is -2.13. The molecule has 0 spiro atoms. The molecule has 0 bridgehead atoms. The van der Waals surface area contributed by atoms with E-state index in [0.717, 1.165) is 18.1 Å². The van der Waals surface area contributed by atoms with Gasteiger partial charge in [0.2, 0.25) is 5.89 Å². The molecule has 2 rings (SSSR count). The molecule has 2 heterocycles. The van der Waals surface area contributed by atoms with E-state index in [-0.39, 0.29) is 29.4 Å². The predicted molar refractivity (Wildman–Crippen MR) is 103 cm³/mol. The van der Waals surface area contributed by atoms with Gasteiger partial charge in [0, 0.05) is 19.0 Å². The molecule has 0 radical (unpaired) electrons. The van der Waals surface area contributed by atoms with Crippen molar-refractivity contribution in [2.24, 2.45) is 12.0 Å². The van der Waals surface area contributed by atoms with E-state index in [1.54, 1.807) is 10.9 Å². The van der Waals surface area contributed by atoms with Crippen molar-refractivity contribution in [1.82, 2.24) is 30.4 Å². The monoisotopic (exact) mass is 447 g/mol. The summed E-state index contributed by atoms with van der Waals surface area (Å²) in [5, 5.41) is 10.4. The summed E-state index contributed by atoms with van der Waals surface area (Å²) in [6, 6.07) is 0. The zero-order valence-electron chi connectivity index (χ0n) is 14.8. The van der Waals surface area contributed by atoms with Crippen molar-refractivity contribution in [2.75, 3.05) is 6.54 Å². The molecule has 24 heavy (non-hydrogen) atoms. The van der Waals surface area contributed by atoms with Gasteiger partial charge in [0.1, 0.15) is 24.5 Å². The molecule has 0 fully saturated rings. The molecule has 0 saturated carbocycles. The average molecular weight is 447 g/mol. The van der Waals surface area contributed by atoms with Crippen LogP contribution in [0.3, 0.4) is 0 Å². The summed E-state index contributed by atoms with van der Waals surface area (Å²) >= 11 is 0. The molecule has 0 amide bonds. The molecule has 0 unspecified atom stereocenters.